The third-order valence-electron chi connectivity index (χ3n) is 4.48. The second-order valence-electron chi connectivity index (χ2n) is 7.08. The molecule has 2 rings (SSSR count). The second kappa shape index (κ2) is 7.08. The van der Waals surface area contributed by atoms with Gasteiger partial charge >= 0.3 is 0 Å². The zero-order valence-electron chi connectivity index (χ0n) is 13.3. The first-order valence-corrected chi connectivity index (χ1v) is 8.06. The summed E-state index contributed by atoms with van der Waals surface area (Å²) in [5.41, 5.74) is 7.60. The van der Waals surface area contributed by atoms with Crippen LogP contribution >= 0.6 is 0 Å². The lowest BCUT2D eigenvalue weighted by Crippen LogP contribution is -2.40. The highest BCUT2D eigenvalue weighted by Crippen LogP contribution is 2.35. The molecule has 0 aromatic heterocycles. The number of hydrogen-bond acceptors (Lipinski definition) is 2. The predicted molar refractivity (Wildman–Crippen MR) is 86.8 cm³/mol. The molecule has 0 heterocycles. The fraction of sp³-hybridized carbons (Fsp3) is 0.611. The highest BCUT2D eigenvalue weighted by atomic mass is 16.1. The number of rotatable bonds is 5. The Kier molecular flexibility index (Phi) is 5.40. The predicted octanol–water partition coefficient (Wildman–Crippen LogP) is 3.55. The number of hydrogen-bond donors (Lipinski definition) is 2. The maximum atomic E-state index is 12.1. The first-order valence-electron chi connectivity index (χ1n) is 8.06. The lowest BCUT2D eigenvalue weighted by Gasteiger charge is -2.35. The lowest BCUT2D eigenvalue weighted by molar-refractivity contribution is -0.122. The Labute approximate surface area is 128 Å². The quantitative estimate of drug-likeness (QED) is 0.870. The summed E-state index contributed by atoms with van der Waals surface area (Å²) in [6, 6.07) is 10.3. The van der Waals surface area contributed by atoms with E-state index < -0.39 is 0 Å². The summed E-state index contributed by atoms with van der Waals surface area (Å²) in [6.07, 6.45) is 5.88. The van der Waals surface area contributed by atoms with Crippen LogP contribution in [0, 0.1) is 5.41 Å². The van der Waals surface area contributed by atoms with Crippen LogP contribution in [-0.4, -0.2) is 11.9 Å². The van der Waals surface area contributed by atoms with E-state index in [0.717, 1.165) is 18.4 Å². The van der Waals surface area contributed by atoms with Crippen LogP contribution in [-0.2, 0) is 4.79 Å². The van der Waals surface area contributed by atoms with Gasteiger partial charge in [0.2, 0.25) is 5.91 Å². The van der Waals surface area contributed by atoms with Gasteiger partial charge in [0.05, 0.1) is 0 Å². The smallest absolute Gasteiger partial charge is 0.220 e. The van der Waals surface area contributed by atoms with Gasteiger partial charge in [0.15, 0.2) is 0 Å². The Morgan fingerprint density at radius 3 is 2.76 bits per heavy atom. The number of carbonyl (C=O) groups is 1. The highest BCUT2D eigenvalue weighted by Gasteiger charge is 2.28. The van der Waals surface area contributed by atoms with Crippen molar-refractivity contribution in [1.82, 2.24) is 5.32 Å². The fourth-order valence-corrected chi connectivity index (χ4v) is 3.27. The minimum Gasteiger partial charge on any atom is -0.353 e. The van der Waals surface area contributed by atoms with Crippen molar-refractivity contribution in [2.45, 2.75) is 64.5 Å². The van der Waals surface area contributed by atoms with Crippen LogP contribution in [0.25, 0.3) is 0 Å². The summed E-state index contributed by atoms with van der Waals surface area (Å²) in [7, 11) is 0. The number of carbonyl (C=O) groups excluding carboxylic acids is 1. The summed E-state index contributed by atoms with van der Waals surface area (Å²) in [5, 5.41) is 3.19. The van der Waals surface area contributed by atoms with Crippen LogP contribution in [0.4, 0.5) is 0 Å². The number of nitrogens with two attached hydrogens (primary N) is 1. The van der Waals surface area contributed by atoms with Crippen molar-refractivity contribution in [3.8, 4) is 0 Å². The molecule has 1 aliphatic rings. The summed E-state index contributed by atoms with van der Waals surface area (Å²) in [5.74, 6) is 0.143. The molecule has 0 saturated heterocycles. The van der Waals surface area contributed by atoms with Gasteiger partial charge in [-0.1, -0.05) is 50.6 Å². The van der Waals surface area contributed by atoms with Crippen molar-refractivity contribution in [1.29, 1.82) is 0 Å². The fourth-order valence-electron chi connectivity index (χ4n) is 3.27. The zero-order chi connectivity index (χ0) is 15.3. The van der Waals surface area contributed by atoms with E-state index in [2.05, 4.69) is 19.2 Å². The van der Waals surface area contributed by atoms with Crippen LogP contribution in [0.5, 0.6) is 0 Å². The molecule has 1 aromatic carbocycles. The van der Waals surface area contributed by atoms with Gasteiger partial charge < -0.3 is 11.1 Å². The van der Waals surface area contributed by atoms with Crippen LogP contribution in [0.1, 0.15) is 64.0 Å². The van der Waals surface area contributed by atoms with Gasteiger partial charge in [-0.3, -0.25) is 4.79 Å². The molecule has 0 aliphatic heterocycles. The second-order valence-corrected chi connectivity index (χ2v) is 7.08. The van der Waals surface area contributed by atoms with Gasteiger partial charge in [0, 0.05) is 18.5 Å². The monoisotopic (exact) mass is 288 g/mol. The van der Waals surface area contributed by atoms with Crippen molar-refractivity contribution in [3.05, 3.63) is 35.9 Å². The molecule has 1 saturated carbocycles. The molecule has 1 amide bonds. The Balaban J connectivity index is 1.75. The summed E-state index contributed by atoms with van der Waals surface area (Å²) >= 11 is 0. The van der Waals surface area contributed by atoms with E-state index in [4.69, 9.17) is 5.73 Å². The lowest BCUT2D eigenvalue weighted by atomic mass is 9.75. The first-order chi connectivity index (χ1) is 9.96. The molecular formula is C18H28N2O. The van der Waals surface area contributed by atoms with Crippen molar-refractivity contribution in [3.63, 3.8) is 0 Å². The molecular weight excluding hydrogens is 260 g/mol. The largest absolute Gasteiger partial charge is 0.353 e. The van der Waals surface area contributed by atoms with Crippen molar-refractivity contribution in [2.75, 3.05) is 0 Å². The SMILES string of the molecule is CC1(C)CCCC(NC(=O)CCC(N)c2ccccc2)C1. The Bertz CT molecular complexity index is 456. The van der Waals surface area contributed by atoms with Crippen LogP contribution < -0.4 is 11.1 Å². The molecule has 1 aliphatic carbocycles. The minimum atomic E-state index is -0.0558. The van der Waals surface area contributed by atoms with Crippen LogP contribution in [0.15, 0.2) is 30.3 Å². The third kappa shape index (κ3) is 5.16. The number of benzene rings is 1. The van der Waals surface area contributed by atoms with E-state index in [1.165, 1.54) is 12.8 Å². The standard InChI is InChI=1S/C18H28N2O/c1-18(2)12-6-9-15(13-18)20-17(21)11-10-16(19)14-7-4-3-5-8-14/h3-5,7-8,15-16H,6,9-13,19H2,1-2H3,(H,20,21). The molecule has 3 N–H and O–H groups in total. The van der Waals surface area contributed by atoms with Gasteiger partial charge in [0.25, 0.3) is 0 Å². The highest BCUT2D eigenvalue weighted by molar-refractivity contribution is 5.76. The van der Waals surface area contributed by atoms with E-state index >= 15 is 0 Å². The van der Waals surface area contributed by atoms with Crippen molar-refractivity contribution >= 4 is 5.91 Å². The Hall–Kier alpha value is -1.35. The Morgan fingerprint density at radius 2 is 2.10 bits per heavy atom. The van der Waals surface area contributed by atoms with E-state index in [9.17, 15) is 4.79 Å². The molecule has 0 radical (unpaired) electrons. The summed E-state index contributed by atoms with van der Waals surface area (Å²) in [4.78, 5) is 12.1. The van der Waals surface area contributed by atoms with E-state index in [0.29, 0.717) is 24.3 Å². The van der Waals surface area contributed by atoms with Gasteiger partial charge in [-0.15, -0.1) is 0 Å². The number of amides is 1. The average Bonchev–Trinajstić information content (AvgIpc) is 2.44. The molecule has 2 unspecified atom stereocenters. The topological polar surface area (TPSA) is 55.1 Å². The van der Waals surface area contributed by atoms with E-state index in [1.807, 2.05) is 30.3 Å². The maximum Gasteiger partial charge on any atom is 0.220 e. The molecule has 2 atom stereocenters. The minimum absolute atomic E-state index is 0.0558. The molecule has 0 spiro atoms. The molecule has 1 aromatic rings. The van der Waals surface area contributed by atoms with Gasteiger partial charge in [-0.25, -0.2) is 0 Å². The molecule has 1 fully saturated rings. The molecule has 0 bridgehead atoms. The Morgan fingerprint density at radius 1 is 1.38 bits per heavy atom. The average molecular weight is 288 g/mol. The van der Waals surface area contributed by atoms with Gasteiger partial charge in [-0.2, -0.15) is 0 Å². The normalized spacial score (nSPS) is 22.5. The first kappa shape index (κ1) is 16.0. The number of nitrogens with one attached hydrogen (secondary N) is 1. The van der Waals surface area contributed by atoms with E-state index in [-0.39, 0.29) is 11.9 Å². The molecule has 3 nitrogen and oxygen atoms in total. The van der Waals surface area contributed by atoms with Crippen LogP contribution in [0.2, 0.25) is 0 Å². The molecule has 3 heteroatoms. The van der Waals surface area contributed by atoms with Crippen molar-refractivity contribution in [2.24, 2.45) is 11.1 Å². The maximum absolute atomic E-state index is 12.1. The molecule has 116 valence electrons. The third-order valence-corrected chi connectivity index (χ3v) is 4.48. The van der Waals surface area contributed by atoms with E-state index in [1.54, 1.807) is 0 Å². The molecule has 21 heavy (non-hydrogen) atoms. The van der Waals surface area contributed by atoms with Gasteiger partial charge in [-0.05, 0) is 36.7 Å². The summed E-state index contributed by atoms with van der Waals surface area (Å²) in [6.45, 7) is 4.58. The zero-order valence-corrected chi connectivity index (χ0v) is 13.3. The summed E-state index contributed by atoms with van der Waals surface area (Å²) < 4.78 is 0. The van der Waals surface area contributed by atoms with Gasteiger partial charge in [0.1, 0.15) is 0 Å². The van der Waals surface area contributed by atoms with Crippen molar-refractivity contribution < 1.29 is 4.79 Å². The van der Waals surface area contributed by atoms with Crippen LogP contribution in [0.3, 0.4) is 0 Å².